The molecule has 17 heavy (non-hydrogen) atoms. The van der Waals surface area contributed by atoms with Crippen molar-refractivity contribution in [2.75, 3.05) is 19.0 Å². The van der Waals surface area contributed by atoms with Gasteiger partial charge in [-0.05, 0) is 18.2 Å². The molecule has 0 fully saturated rings. The fourth-order valence-electron chi connectivity index (χ4n) is 1.24. The van der Waals surface area contributed by atoms with E-state index in [2.05, 4.69) is 5.32 Å². The van der Waals surface area contributed by atoms with Gasteiger partial charge < -0.3 is 15.8 Å². The average Bonchev–Trinajstić information content (AvgIpc) is 2.25. The minimum Gasteiger partial charge on any atom is -0.487 e. The first kappa shape index (κ1) is 15.9. The average molecular weight is 267 g/mol. The number of ether oxygens (including phenoxy) is 1. The number of rotatable bonds is 5. The Morgan fingerprint density at radius 3 is 2.53 bits per heavy atom. The van der Waals surface area contributed by atoms with E-state index in [0.29, 0.717) is 11.3 Å². The lowest BCUT2D eigenvalue weighted by Crippen LogP contribution is -2.21. The fourth-order valence-corrected chi connectivity index (χ4v) is 1.24. The Labute approximate surface area is 106 Å². The van der Waals surface area contributed by atoms with E-state index in [1.54, 1.807) is 25.2 Å². The van der Waals surface area contributed by atoms with Crippen molar-refractivity contribution >= 4 is 18.1 Å². The molecule has 1 rings (SSSR count). The van der Waals surface area contributed by atoms with Crippen LogP contribution in [0.3, 0.4) is 0 Å². The summed E-state index contributed by atoms with van der Waals surface area (Å²) in [5.74, 6) is -2.43. The van der Waals surface area contributed by atoms with Gasteiger partial charge in [-0.25, -0.2) is 8.78 Å². The van der Waals surface area contributed by atoms with Crippen molar-refractivity contribution < 1.29 is 13.5 Å². The lowest BCUT2D eigenvalue weighted by Gasteiger charge is -2.15. The maximum Gasteiger partial charge on any atom is 0.278 e. The van der Waals surface area contributed by atoms with Gasteiger partial charge in [0.25, 0.3) is 5.92 Å². The van der Waals surface area contributed by atoms with Crippen molar-refractivity contribution in [2.24, 2.45) is 5.73 Å². The molecule has 0 aliphatic rings. The van der Waals surface area contributed by atoms with Crippen molar-refractivity contribution in [1.82, 2.24) is 0 Å². The maximum absolute atomic E-state index is 12.6. The van der Waals surface area contributed by atoms with E-state index in [1.165, 1.54) is 0 Å². The second-order valence-corrected chi connectivity index (χ2v) is 3.64. The molecule has 0 aliphatic carbocycles. The van der Waals surface area contributed by atoms with Gasteiger partial charge in [0.1, 0.15) is 5.75 Å². The van der Waals surface area contributed by atoms with E-state index in [4.69, 9.17) is 10.5 Å². The lowest BCUT2D eigenvalue weighted by atomic mass is 10.2. The van der Waals surface area contributed by atoms with Crippen LogP contribution < -0.4 is 15.8 Å². The van der Waals surface area contributed by atoms with Crippen molar-refractivity contribution in [2.45, 2.75) is 19.4 Å². The normalized spacial score (nSPS) is 10.6. The molecule has 1 aromatic carbocycles. The highest BCUT2D eigenvalue weighted by Gasteiger charge is 2.22. The maximum atomic E-state index is 12.6. The summed E-state index contributed by atoms with van der Waals surface area (Å²) in [7, 11) is 1.77. The van der Waals surface area contributed by atoms with Crippen molar-refractivity contribution in [1.29, 1.82) is 0 Å². The van der Waals surface area contributed by atoms with Crippen LogP contribution in [0.25, 0.3) is 0 Å². The zero-order chi connectivity index (χ0) is 12.2. The van der Waals surface area contributed by atoms with Crippen LogP contribution in [0.4, 0.5) is 14.5 Å². The smallest absolute Gasteiger partial charge is 0.278 e. The summed E-state index contributed by atoms with van der Waals surface area (Å²) >= 11 is 0. The topological polar surface area (TPSA) is 47.3 Å². The van der Waals surface area contributed by atoms with Crippen LogP contribution in [-0.4, -0.2) is 19.6 Å². The van der Waals surface area contributed by atoms with Gasteiger partial charge in [-0.3, -0.25) is 0 Å². The number of hydrogen-bond donors (Lipinski definition) is 2. The molecule has 0 saturated carbocycles. The molecule has 0 amide bonds. The van der Waals surface area contributed by atoms with Crippen LogP contribution in [-0.2, 0) is 6.54 Å². The molecular weight excluding hydrogens is 250 g/mol. The Balaban J connectivity index is 0.00000256. The van der Waals surface area contributed by atoms with Gasteiger partial charge in [0.2, 0.25) is 0 Å². The summed E-state index contributed by atoms with van der Waals surface area (Å²) in [6.07, 6.45) is 0. The van der Waals surface area contributed by atoms with Crippen LogP contribution >= 0.6 is 12.4 Å². The minimum absolute atomic E-state index is 0. The van der Waals surface area contributed by atoms with Crippen molar-refractivity contribution in [3.63, 3.8) is 0 Å². The van der Waals surface area contributed by atoms with E-state index < -0.39 is 12.5 Å². The van der Waals surface area contributed by atoms with E-state index in [0.717, 1.165) is 12.6 Å². The molecule has 0 radical (unpaired) electrons. The molecule has 3 N–H and O–H groups in total. The van der Waals surface area contributed by atoms with Gasteiger partial charge in [0.15, 0.2) is 6.61 Å². The molecule has 0 aliphatic heterocycles. The van der Waals surface area contributed by atoms with Gasteiger partial charge in [0, 0.05) is 31.8 Å². The van der Waals surface area contributed by atoms with Crippen molar-refractivity contribution in [3.8, 4) is 5.75 Å². The van der Waals surface area contributed by atoms with Crippen LogP contribution in [0.2, 0.25) is 0 Å². The first-order chi connectivity index (χ1) is 7.46. The molecule has 98 valence electrons. The first-order valence-corrected chi connectivity index (χ1v) is 4.97. The highest BCUT2D eigenvalue weighted by atomic mass is 35.5. The van der Waals surface area contributed by atoms with E-state index in [1.807, 2.05) is 0 Å². The summed E-state index contributed by atoms with van der Waals surface area (Å²) in [4.78, 5) is 0. The quantitative estimate of drug-likeness (QED) is 0.861. The van der Waals surface area contributed by atoms with Gasteiger partial charge in [0.05, 0.1) is 0 Å². The number of halogens is 3. The Bertz CT molecular complexity index is 356. The summed E-state index contributed by atoms with van der Waals surface area (Å²) in [5.41, 5.74) is 7.09. The number of nitrogens with two attached hydrogens (primary N) is 1. The van der Waals surface area contributed by atoms with E-state index in [-0.39, 0.29) is 19.0 Å². The summed E-state index contributed by atoms with van der Waals surface area (Å²) in [6.45, 7) is 0.427. The third-order valence-corrected chi connectivity index (χ3v) is 2.05. The van der Waals surface area contributed by atoms with E-state index >= 15 is 0 Å². The molecule has 0 bridgehead atoms. The first-order valence-electron chi connectivity index (χ1n) is 4.97. The summed E-state index contributed by atoms with van der Waals surface area (Å²) < 4.78 is 30.3. The number of alkyl halides is 2. The Kier molecular flexibility index (Phi) is 6.20. The molecule has 1 aromatic rings. The zero-order valence-electron chi connectivity index (χ0n) is 9.80. The number of nitrogens with one attached hydrogen (secondary N) is 1. The van der Waals surface area contributed by atoms with Gasteiger partial charge >= 0.3 is 0 Å². The standard InChI is InChI=1S/C11H16F2N2O.ClH/c1-11(12,13)7-16-10-4-3-9(15-2)5-8(10)6-14;/h3-5,15H,6-7,14H2,1-2H3;1H. The minimum atomic E-state index is -2.84. The van der Waals surface area contributed by atoms with Gasteiger partial charge in [-0.15, -0.1) is 12.4 Å². The summed E-state index contributed by atoms with van der Waals surface area (Å²) in [6, 6.07) is 5.17. The summed E-state index contributed by atoms with van der Waals surface area (Å²) in [5, 5.41) is 2.94. The Morgan fingerprint density at radius 2 is 2.06 bits per heavy atom. The number of benzene rings is 1. The SMILES string of the molecule is CNc1ccc(OCC(C)(F)F)c(CN)c1.Cl. The molecule has 0 aromatic heterocycles. The van der Waals surface area contributed by atoms with Crippen LogP contribution in [0.1, 0.15) is 12.5 Å². The van der Waals surface area contributed by atoms with Crippen LogP contribution in [0, 0.1) is 0 Å². The lowest BCUT2D eigenvalue weighted by molar-refractivity contribution is -0.0231. The number of hydrogen-bond acceptors (Lipinski definition) is 3. The third kappa shape index (κ3) is 5.19. The van der Waals surface area contributed by atoms with Crippen LogP contribution in [0.15, 0.2) is 18.2 Å². The molecule has 0 saturated heterocycles. The highest BCUT2D eigenvalue weighted by Crippen LogP contribution is 2.24. The molecule has 0 atom stereocenters. The monoisotopic (exact) mass is 266 g/mol. The zero-order valence-corrected chi connectivity index (χ0v) is 10.6. The third-order valence-electron chi connectivity index (χ3n) is 2.05. The van der Waals surface area contributed by atoms with Gasteiger partial charge in [-0.2, -0.15) is 0 Å². The molecular formula is C11H17ClF2N2O. The second kappa shape index (κ2) is 6.61. The molecule has 3 nitrogen and oxygen atoms in total. The predicted molar refractivity (Wildman–Crippen MR) is 67.2 cm³/mol. The Morgan fingerprint density at radius 1 is 1.41 bits per heavy atom. The van der Waals surface area contributed by atoms with Crippen molar-refractivity contribution in [3.05, 3.63) is 23.8 Å². The van der Waals surface area contributed by atoms with E-state index in [9.17, 15) is 8.78 Å². The highest BCUT2D eigenvalue weighted by molar-refractivity contribution is 5.85. The molecule has 6 heteroatoms. The van der Waals surface area contributed by atoms with Crippen LogP contribution in [0.5, 0.6) is 5.75 Å². The van der Waals surface area contributed by atoms with Gasteiger partial charge in [-0.1, -0.05) is 0 Å². The fraction of sp³-hybridized carbons (Fsp3) is 0.455. The predicted octanol–water partition coefficient (Wildman–Crippen LogP) is 2.64. The second-order valence-electron chi connectivity index (χ2n) is 3.64. The molecule has 0 heterocycles. The molecule has 0 spiro atoms. The largest absolute Gasteiger partial charge is 0.487 e. The number of anilines is 1. The Hall–Kier alpha value is -1.07. The molecule has 0 unspecified atom stereocenters.